The van der Waals surface area contributed by atoms with Crippen LogP contribution in [0, 0.1) is 17.2 Å². The van der Waals surface area contributed by atoms with Gasteiger partial charge in [0.2, 0.25) is 0 Å². The molecule has 0 spiro atoms. The van der Waals surface area contributed by atoms with Crippen LogP contribution in [0.15, 0.2) is 24.3 Å². The Morgan fingerprint density at radius 3 is 2.76 bits per heavy atom. The van der Waals surface area contributed by atoms with Crippen molar-refractivity contribution >= 4 is 23.4 Å². The molecule has 17 heavy (non-hydrogen) atoms. The Hall–Kier alpha value is -0.690. The van der Waals surface area contributed by atoms with Crippen molar-refractivity contribution in [3.8, 4) is 6.07 Å². The van der Waals surface area contributed by atoms with Crippen LogP contribution in [0.5, 0.6) is 0 Å². The average Bonchev–Trinajstić information content (AvgIpc) is 3.16. The second-order valence-electron chi connectivity index (χ2n) is 4.51. The van der Waals surface area contributed by atoms with E-state index in [2.05, 4.69) is 6.07 Å². The lowest BCUT2D eigenvalue weighted by atomic mass is 10.00. The molecule has 1 aliphatic rings. The SMILES string of the molecule is N#CC(N)(CSCc1ccccc1Cl)C1CC1. The number of nitrogens with zero attached hydrogens (tertiary/aromatic N) is 1. The molecule has 0 aromatic heterocycles. The van der Waals surface area contributed by atoms with Gasteiger partial charge in [-0.15, -0.1) is 0 Å². The maximum atomic E-state index is 9.13. The molecule has 4 heteroatoms. The van der Waals surface area contributed by atoms with E-state index in [9.17, 15) is 0 Å². The highest BCUT2D eigenvalue weighted by Crippen LogP contribution is 2.40. The van der Waals surface area contributed by atoms with E-state index in [0.29, 0.717) is 11.7 Å². The first-order chi connectivity index (χ1) is 8.15. The third kappa shape index (κ3) is 3.16. The highest BCUT2D eigenvalue weighted by Gasteiger charge is 2.42. The standard InChI is InChI=1S/C13H15ClN2S/c14-12-4-2-1-3-10(12)7-17-9-13(16,8-15)11-5-6-11/h1-4,11H,5-7,9,16H2. The molecule has 0 amide bonds. The first-order valence-electron chi connectivity index (χ1n) is 5.67. The zero-order valence-electron chi connectivity index (χ0n) is 9.53. The maximum absolute atomic E-state index is 9.13. The summed E-state index contributed by atoms with van der Waals surface area (Å²) in [4.78, 5) is 0. The van der Waals surface area contributed by atoms with Gasteiger partial charge in [0.1, 0.15) is 5.54 Å². The molecule has 2 rings (SSSR count). The molecule has 1 saturated carbocycles. The zero-order valence-corrected chi connectivity index (χ0v) is 11.1. The topological polar surface area (TPSA) is 49.8 Å². The number of benzene rings is 1. The first-order valence-corrected chi connectivity index (χ1v) is 7.20. The molecular formula is C13H15ClN2S. The van der Waals surface area contributed by atoms with Gasteiger partial charge in [-0.2, -0.15) is 17.0 Å². The third-order valence-electron chi connectivity index (χ3n) is 3.07. The summed E-state index contributed by atoms with van der Waals surface area (Å²) >= 11 is 7.76. The molecule has 0 radical (unpaired) electrons. The lowest BCUT2D eigenvalue weighted by Crippen LogP contribution is -2.43. The fourth-order valence-corrected chi connectivity index (χ4v) is 3.28. The van der Waals surface area contributed by atoms with Crippen LogP contribution in [0.4, 0.5) is 0 Å². The van der Waals surface area contributed by atoms with Gasteiger partial charge in [0.05, 0.1) is 6.07 Å². The van der Waals surface area contributed by atoms with E-state index in [1.54, 1.807) is 11.8 Å². The van der Waals surface area contributed by atoms with E-state index in [1.165, 1.54) is 0 Å². The third-order valence-corrected chi connectivity index (χ3v) is 4.64. The van der Waals surface area contributed by atoms with Gasteiger partial charge in [0.15, 0.2) is 0 Å². The van der Waals surface area contributed by atoms with Crippen LogP contribution in [0.1, 0.15) is 18.4 Å². The highest BCUT2D eigenvalue weighted by molar-refractivity contribution is 7.98. The van der Waals surface area contributed by atoms with Crippen LogP contribution < -0.4 is 5.73 Å². The Kier molecular flexibility index (Phi) is 3.98. The molecule has 1 aromatic carbocycles. The molecule has 0 heterocycles. The Balaban J connectivity index is 1.87. The number of rotatable bonds is 5. The van der Waals surface area contributed by atoms with Crippen LogP contribution in [0.3, 0.4) is 0 Å². The fraction of sp³-hybridized carbons (Fsp3) is 0.462. The van der Waals surface area contributed by atoms with Gasteiger partial charge in [0.25, 0.3) is 0 Å². The molecule has 1 atom stereocenters. The normalized spacial score (nSPS) is 18.4. The first kappa shape index (κ1) is 12.8. The quantitative estimate of drug-likeness (QED) is 0.890. The summed E-state index contributed by atoms with van der Waals surface area (Å²) in [7, 11) is 0. The predicted molar refractivity (Wildman–Crippen MR) is 72.9 cm³/mol. The molecule has 1 aromatic rings. The fourth-order valence-electron chi connectivity index (χ4n) is 1.79. The van der Waals surface area contributed by atoms with E-state index in [1.807, 2.05) is 24.3 Å². The Labute approximate surface area is 111 Å². The maximum Gasteiger partial charge on any atom is 0.116 e. The smallest absolute Gasteiger partial charge is 0.116 e. The van der Waals surface area contributed by atoms with Gasteiger partial charge >= 0.3 is 0 Å². The van der Waals surface area contributed by atoms with Crippen LogP contribution in [0.2, 0.25) is 5.02 Å². The van der Waals surface area contributed by atoms with E-state index in [-0.39, 0.29) is 0 Å². The molecular weight excluding hydrogens is 252 g/mol. The second-order valence-corrected chi connectivity index (χ2v) is 5.90. The van der Waals surface area contributed by atoms with Gasteiger partial charge in [-0.3, -0.25) is 0 Å². The summed E-state index contributed by atoms with van der Waals surface area (Å²) in [5, 5.41) is 9.92. The summed E-state index contributed by atoms with van der Waals surface area (Å²) in [5.41, 5.74) is 6.55. The lowest BCUT2D eigenvalue weighted by Gasteiger charge is -2.20. The van der Waals surface area contributed by atoms with Crippen molar-refractivity contribution in [2.75, 3.05) is 5.75 Å². The minimum absolute atomic E-state index is 0.395. The largest absolute Gasteiger partial charge is 0.312 e. The summed E-state index contributed by atoms with van der Waals surface area (Å²) in [6.45, 7) is 0. The molecule has 2 nitrogen and oxygen atoms in total. The Bertz CT molecular complexity index is 439. The van der Waals surface area contributed by atoms with Crippen LogP contribution in [-0.4, -0.2) is 11.3 Å². The highest BCUT2D eigenvalue weighted by atomic mass is 35.5. The number of nitriles is 1. The Morgan fingerprint density at radius 1 is 1.47 bits per heavy atom. The van der Waals surface area contributed by atoms with Crippen molar-refractivity contribution in [2.24, 2.45) is 11.7 Å². The Morgan fingerprint density at radius 2 is 2.18 bits per heavy atom. The van der Waals surface area contributed by atoms with Crippen molar-refractivity contribution < 1.29 is 0 Å². The number of thioether (sulfide) groups is 1. The molecule has 1 unspecified atom stereocenters. The molecule has 0 aliphatic heterocycles. The second kappa shape index (κ2) is 5.30. The van der Waals surface area contributed by atoms with Gasteiger partial charge in [-0.25, -0.2) is 0 Å². The summed E-state index contributed by atoms with van der Waals surface area (Å²) in [6.07, 6.45) is 2.19. The number of hydrogen-bond acceptors (Lipinski definition) is 3. The van der Waals surface area contributed by atoms with Crippen molar-refractivity contribution in [3.63, 3.8) is 0 Å². The minimum atomic E-state index is -0.647. The molecule has 2 N–H and O–H groups in total. The van der Waals surface area contributed by atoms with E-state index in [4.69, 9.17) is 22.6 Å². The van der Waals surface area contributed by atoms with Crippen molar-refractivity contribution in [2.45, 2.75) is 24.1 Å². The summed E-state index contributed by atoms with van der Waals surface area (Å²) < 4.78 is 0. The number of halogens is 1. The monoisotopic (exact) mass is 266 g/mol. The lowest BCUT2D eigenvalue weighted by molar-refractivity contribution is 0.532. The van der Waals surface area contributed by atoms with Crippen molar-refractivity contribution in [1.82, 2.24) is 0 Å². The van der Waals surface area contributed by atoms with Crippen LogP contribution in [-0.2, 0) is 5.75 Å². The summed E-state index contributed by atoms with van der Waals surface area (Å²) in [6, 6.07) is 10.1. The number of nitrogens with two attached hydrogens (primary N) is 1. The van der Waals surface area contributed by atoms with Gasteiger partial charge in [-0.1, -0.05) is 29.8 Å². The van der Waals surface area contributed by atoms with Crippen molar-refractivity contribution in [3.05, 3.63) is 34.9 Å². The molecule has 1 fully saturated rings. The minimum Gasteiger partial charge on any atom is -0.312 e. The van der Waals surface area contributed by atoms with Crippen molar-refractivity contribution in [1.29, 1.82) is 5.26 Å². The molecule has 1 aliphatic carbocycles. The number of hydrogen-bond donors (Lipinski definition) is 1. The van der Waals surface area contributed by atoms with Gasteiger partial charge in [0, 0.05) is 16.5 Å². The zero-order chi connectivity index (χ0) is 12.3. The molecule has 0 saturated heterocycles. The molecule has 0 bridgehead atoms. The van der Waals surface area contributed by atoms with Crippen LogP contribution in [0.25, 0.3) is 0 Å². The van der Waals surface area contributed by atoms with Gasteiger partial charge < -0.3 is 5.73 Å². The van der Waals surface area contributed by atoms with Crippen LogP contribution >= 0.6 is 23.4 Å². The van der Waals surface area contributed by atoms with Gasteiger partial charge in [-0.05, 0) is 30.4 Å². The van der Waals surface area contributed by atoms with E-state index in [0.717, 1.165) is 29.2 Å². The molecule has 90 valence electrons. The van der Waals surface area contributed by atoms with E-state index < -0.39 is 5.54 Å². The summed E-state index contributed by atoms with van der Waals surface area (Å²) in [5.74, 6) is 1.89. The predicted octanol–water partition coefficient (Wildman–Crippen LogP) is 3.20. The van der Waals surface area contributed by atoms with E-state index >= 15 is 0 Å². The average molecular weight is 267 g/mol.